The van der Waals surface area contributed by atoms with Gasteiger partial charge in [-0.3, -0.25) is 9.78 Å². The summed E-state index contributed by atoms with van der Waals surface area (Å²) >= 11 is 0. The minimum Gasteiger partial charge on any atom is -0.447 e. The molecule has 1 aromatic carbocycles. The van der Waals surface area contributed by atoms with E-state index in [-0.39, 0.29) is 18.0 Å². The van der Waals surface area contributed by atoms with E-state index in [1.54, 1.807) is 23.1 Å². The van der Waals surface area contributed by atoms with Crippen molar-refractivity contribution in [3.63, 3.8) is 0 Å². The molecule has 2 saturated heterocycles. The van der Waals surface area contributed by atoms with Crippen LogP contribution >= 0.6 is 0 Å². The van der Waals surface area contributed by atoms with E-state index < -0.39 is 5.76 Å². The highest BCUT2D eigenvalue weighted by molar-refractivity contribution is 5.97. The number of amides is 2. The number of H-pyrrole nitrogens is 1. The first-order valence-corrected chi connectivity index (χ1v) is 7.95. The average Bonchev–Trinajstić information content (AvgIpc) is 3.18. The van der Waals surface area contributed by atoms with Gasteiger partial charge in [-0.05, 0) is 37.0 Å². The molecule has 8 nitrogen and oxygen atoms in total. The van der Waals surface area contributed by atoms with Crippen LogP contribution in [0.25, 0.3) is 11.1 Å². The Morgan fingerprint density at radius 1 is 1.21 bits per heavy atom. The molecule has 1 aromatic heterocycles. The Morgan fingerprint density at radius 3 is 2.71 bits per heavy atom. The lowest BCUT2D eigenvalue weighted by Gasteiger charge is -2.34. The van der Waals surface area contributed by atoms with Crippen LogP contribution < -0.4 is 11.1 Å². The minimum atomic E-state index is -0.531. The Morgan fingerprint density at radius 2 is 2.00 bits per heavy atom. The summed E-state index contributed by atoms with van der Waals surface area (Å²) in [5.41, 5.74) is 1.46. The molecular formula is C16H17N3O5. The molecule has 0 bridgehead atoms. The second-order valence-corrected chi connectivity index (χ2v) is 6.20. The Hall–Kier alpha value is -2.77. The number of cyclic esters (lactones) is 1. The van der Waals surface area contributed by atoms with Gasteiger partial charge in [-0.1, -0.05) is 0 Å². The van der Waals surface area contributed by atoms with Crippen molar-refractivity contribution in [3.8, 4) is 0 Å². The van der Waals surface area contributed by atoms with Crippen molar-refractivity contribution in [2.45, 2.75) is 18.9 Å². The van der Waals surface area contributed by atoms with Crippen molar-refractivity contribution in [3.05, 3.63) is 34.3 Å². The third-order valence-electron chi connectivity index (χ3n) is 4.76. The van der Waals surface area contributed by atoms with Crippen LogP contribution in [0, 0.1) is 5.92 Å². The number of hydrogen-bond donors (Lipinski definition) is 2. The number of oxazole rings is 1. The van der Waals surface area contributed by atoms with Crippen LogP contribution in [-0.2, 0) is 4.74 Å². The molecule has 2 aliphatic rings. The standard InChI is InChI=1S/C16H17N3O5/c20-14(10-1-2-11-13(7-10)24-16(22)17-11)19-5-3-9(4-6-19)12-8-23-15(21)18-12/h1-2,7,9,12H,3-6,8H2,(H,17,22)(H,18,21). The third kappa shape index (κ3) is 2.64. The number of carbonyl (C=O) groups is 2. The number of alkyl carbamates (subject to hydrolysis) is 1. The highest BCUT2D eigenvalue weighted by Gasteiger charge is 2.33. The molecule has 0 spiro atoms. The number of ether oxygens (including phenoxy) is 1. The third-order valence-corrected chi connectivity index (χ3v) is 4.76. The van der Waals surface area contributed by atoms with Crippen LogP contribution in [0.15, 0.2) is 27.4 Å². The molecule has 4 rings (SSSR count). The van der Waals surface area contributed by atoms with Gasteiger partial charge in [0.25, 0.3) is 5.91 Å². The predicted octanol–water partition coefficient (Wildman–Crippen LogP) is 1.08. The molecule has 24 heavy (non-hydrogen) atoms. The number of fused-ring (bicyclic) bond motifs is 1. The summed E-state index contributed by atoms with van der Waals surface area (Å²) in [6.45, 7) is 1.66. The Bertz CT molecular complexity index is 847. The summed E-state index contributed by atoms with van der Waals surface area (Å²) in [5.74, 6) is -0.284. The quantitative estimate of drug-likeness (QED) is 0.857. The van der Waals surface area contributed by atoms with Crippen molar-refractivity contribution in [1.82, 2.24) is 15.2 Å². The Kier molecular flexibility index (Phi) is 3.51. The zero-order valence-electron chi connectivity index (χ0n) is 12.9. The van der Waals surface area contributed by atoms with Gasteiger partial charge in [-0.25, -0.2) is 9.59 Å². The molecule has 3 heterocycles. The van der Waals surface area contributed by atoms with Crippen LogP contribution in [-0.4, -0.2) is 47.6 Å². The van der Waals surface area contributed by atoms with Gasteiger partial charge in [0, 0.05) is 18.7 Å². The number of hydrogen-bond acceptors (Lipinski definition) is 5. The molecule has 2 fully saturated rings. The number of aromatic nitrogens is 1. The predicted molar refractivity (Wildman–Crippen MR) is 83.7 cm³/mol. The summed E-state index contributed by atoms with van der Waals surface area (Å²) in [7, 11) is 0. The largest absolute Gasteiger partial charge is 0.447 e. The number of benzene rings is 1. The van der Waals surface area contributed by atoms with E-state index in [1.165, 1.54) is 0 Å². The maximum Gasteiger partial charge on any atom is 0.417 e. The zero-order chi connectivity index (χ0) is 16.7. The van der Waals surface area contributed by atoms with Gasteiger partial charge in [0.2, 0.25) is 0 Å². The number of piperidine rings is 1. The van der Waals surface area contributed by atoms with Gasteiger partial charge in [0.05, 0.1) is 11.6 Å². The summed E-state index contributed by atoms with van der Waals surface area (Å²) in [6, 6.07) is 4.99. The number of carbonyl (C=O) groups excluding carboxylic acids is 2. The van der Waals surface area contributed by atoms with Crippen LogP contribution in [0.1, 0.15) is 23.2 Å². The fourth-order valence-corrected chi connectivity index (χ4v) is 3.42. The van der Waals surface area contributed by atoms with E-state index in [0.717, 1.165) is 12.8 Å². The minimum absolute atomic E-state index is 0.0419. The number of rotatable bonds is 2. The van der Waals surface area contributed by atoms with E-state index in [1.807, 2.05) is 0 Å². The van der Waals surface area contributed by atoms with E-state index in [0.29, 0.717) is 42.3 Å². The van der Waals surface area contributed by atoms with Gasteiger partial charge in [0.1, 0.15) is 6.61 Å². The first kappa shape index (κ1) is 14.8. The molecular weight excluding hydrogens is 314 g/mol. The fraction of sp³-hybridized carbons (Fsp3) is 0.438. The van der Waals surface area contributed by atoms with Crippen LogP contribution in [0.5, 0.6) is 0 Å². The fourth-order valence-electron chi connectivity index (χ4n) is 3.42. The lowest BCUT2D eigenvalue weighted by Crippen LogP contribution is -2.44. The summed E-state index contributed by atoms with van der Waals surface area (Å²) in [5, 5.41) is 2.81. The maximum atomic E-state index is 12.6. The van der Waals surface area contributed by atoms with Crippen LogP contribution in [0.2, 0.25) is 0 Å². The second-order valence-electron chi connectivity index (χ2n) is 6.20. The monoisotopic (exact) mass is 331 g/mol. The van der Waals surface area contributed by atoms with E-state index in [2.05, 4.69) is 10.3 Å². The smallest absolute Gasteiger partial charge is 0.417 e. The zero-order valence-corrected chi connectivity index (χ0v) is 12.9. The van der Waals surface area contributed by atoms with Gasteiger partial charge in [0.15, 0.2) is 5.58 Å². The van der Waals surface area contributed by atoms with Crippen LogP contribution in [0.4, 0.5) is 4.79 Å². The lowest BCUT2D eigenvalue weighted by atomic mass is 9.90. The first-order valence-electron chi connectivity index (χ1n) is 7.95. The molecule has 0 radical (unpaired) electrons. The molecule has 8 heteroatoms. The number of likely N-dealkylation sites (tertiary alicyclic amines) is 1. The SMILES string of the molecule is O=C1NC(C2CCN(C(=O)c3ccc4[nH]c(=O)oc4c3)CC2)CO1. The van der Waals surface area contributed by atoms with Gasteiger partial charge in [-0.15, -0.1) is 0 Å². The molecule has 0 saturated carbocycles. The Labute approximate surface area is 136 Å². The van der Waals surface area contributed by atoms with E-state index >= 15 is 0 Å². The number of aromatic amines is 1. The van der Waals surface area contributed by atoms with Crippen molar-refractivity contribution >= 4 is 23.1 Å². The highest BCUT2D eigenvalue weighted by Crippen LogP contribution is 2.24. The van der Waals surface area contributed by atoms with Gasteiger partial charge in [-0.2, -0.15) is 0 Å². The highest BCUT2D eigenvalue weighted by atomic mass is 16.6. The van der Waals surface area contributed by atoms with Crippen molar-refractivity contribution in [2.24, 2.45) is 5.92 Å². The van der Waals surface area contributed by atoms with Gasteiger partial charge < -0.3 is 19.4 Å². The van der Waals surface area contributed by atoms with Crippen LogP contribution in [0.3, 0.4) is 0 Å². The first-order chi connectivity index (χ1) is 11.6. The topological polar surface area (TPSA) is 105 Å². The molecule has 2 N–H and O–H groups in total. The Balaban J connectivity index is 1.43. The van der Waals surface area contributed by atoms with Crippen molar-refractivity contribution < 1.29 is 18.7 Å². The molecule has 126 valence electrons. The normalized spacial score (nSPS) is 21.8. The number of nitrogens with zero attached hydrogens (tertiary/aromatic N) is 1. The van der Waals surface area contributed by atoms with E-state index in [9.17, 15) is 14.4 Å². The summed E-state index contributed by atoms with van der Waals surface area (Å²) in [6.07, 6.45) is 1.28. The van der Waals surface area contributed by atoms with Crippen molar-refractivity contribution in [1.29, 1.82) is 0 Å². The van der Waals surface area contributed by atoms with Crippen molar-refractivity contribution in [2.75, 3.05) is 19.7 Å². The lowest BCUT2D eigenvalue weighted by molar-refractivity contribution is 0.0671. The maximum absolute atomic E-state index is 12.6. The molecule has 1 unspecified atom stereocenters. The summed E-state index contributed by atoms with van der Waals surface area (Å²) in [4.78, 5) is 39.3. The van der Waals surface area contributed by atoms with Gasteiger partial charge >= 0.3 is 11.8 Å². The molecule has 2 aliphatic heterocycles. The molecule has 2 aromatic rings. The number of nitrogens with one attached hydrogen (secondary N) is 2. The average molecular weight is 331 g/mol. The van der Waals surface area contributed by atoms with E-state index in [4.69, 9.17) is 9.15 Å². The molecule has 1 atom stereocenters. The summed E-state index contributed by atoms with van der Waals surface area (Å²) < 4.78 is 9.94. The second kappa shape index (κ2) is 5.70. The molecule has 2 amide bonds. The molecule has 0 aliphatic carbocycles.